The summed E-state index contributed by atoms with van der Waals surface area (Å²) in [6, 6.07) is 13.2. The van der Waals surface area contributed by atoms with Crippen LogP contribution in [0.15, 0.2) is 55.0 Å². The predicted molar refractivity (Wildman–Crippen MR) is 135 cm³/mol. The van der Waals surface area contributed by atoms with Crippen molar-refractivity contribution >= 4 is 28.4 Å². The lowest BCUT2D eigenvalue weighted by atomic mass is 10.1. The third-order valence-corrected chi connectivity index (χ3v) is 6.03. The van der Waals surface area contributed by atoms with Crippen molar-refractivity contribution in [3.05, 3.63) is 60.7 Å². The van der Waals surface area contributed by atoms with Crippen LogP contribution in [0.1, 0.15) is 19.5 Å². The molecule has 1 aliphatic heterocycles. The number of H-pyrrole nitrogens is 1. The Hall–Kier alpha value is -3.65. The van der Waals surface area contributed by atoms with Gasteiger partial charge >= 0.3 is 0 Å². The van der Waals surface area contributed by atoms with Crippen LogP contribution >= 0.6 is 0 Å². The molecule has 0 radical (unpaired) electrons. The number of nitrogens with one attached hydrogen (secondary N) is 4. The highest BCUT2D eigenvalue weighted by molar-refractivity contribution is 6.02. The van der Waals surface area contributed by atoms with Gasteiger partial charge in [0, 0.05) is 67.4 Å². The number of nitrogens with zero attached hydrogens (tertiary/aromatic N) is 4. The average Bonchev–Trinajstić information content (AvgIpc) is 3.27. The van der Waals surface area contributed by atoms with Crippen molar-refractivity contribution in [1.29, 1.82) is 0 Å². The van der Waals surface area contributed by atoms with Crippen molar-refractivity contribution in [2.75, 3.05) is 35.7 Å². The van der Waals surface area contributed by atoms with E-state index < -0.39 is 0 Å². The molecule has 1 fully saturated rings. The van der Waals surface area contributed by atoms with E-state index in [0.717, 1.165) is 58.3 Å². The maximum Gasteiger partial charge on any atom is 0.139 e. The maximum atomic E-state index is 4.95. The Balaban J connectivity index is 1.40. The van der Waals surface area contributed by atoms with Gasteiger partial charge in [-0.15, -0.1) is 0 Å². The maximum absolute atomic E-state index is 4.95. The Bertz CT molecular complexity index is 1240. The molecule has 0 bridgehead atoms. The molecule has 1 saturated heterocycles. The fraction of sp³-hybridized carbons (Fsp3) is 0.320. The summed E-state index contributed by atoms with van der Waals surface area (Å²) >= 11 is 0. The number of aromatic nitrogens is 4. The molecule has 0 unspecified atom stereocenters. The molecule has 33 heavy (non-hydrogen) atoms. The van der Waals surface area contributed by atoms with Crippen LogP contribution in [-0.4, -0.2) is 52.2 Å². The van der Waals surface area contributed by atoms with Gasteiger partial charge in [-0.05, 0) is 49.7 Å². The molecule has 0 saturated carbocycles. The zero-order valence-corrected chi connectivity index (χ0v) is 19.3. The van der Waals surface area contributed by atoms with E-state index >= 15 is 0 Å². The van der Waals surface area contributed by atoms with Crippen molar-refractivity contribution in [2.24, 2.45) is 0 Å². The molecule has 0 aliphatic carbocycles. The molecule has 170 valence electrons. The Morgan fingerprint density at radius 2 is 1.88 bits per heavy atom. The molecule has 4 aromatic rings. The lowest BCUT2D eigenvalue weighted by Gasteiger charge is -2.37. The Kier molecular flexibility index (Phi) is 5.83. The minimum absolute atomic E-state index is 0.450. The van der Waals surface area contributed by atoms with E-state index in [1.165, 1.54) is 0 Å². The van der Waals surface area contributed by atoms with E-state index in [1.807, 2.05) is 43.8 Å². The summed E-state index contributed by atoms with van der Waals surface area (Å²) in [4.78, 5) is 19.5. The molecular weight excluding hydrogens is 412 g/mol. The first-order valence-corrected chi connectivity index (χ1v) is 11.4. The third kappa shape index (κ3) is 4.47. The first kappa shape index (κ1) is 21.2. The molecular formula is C25H30N8. The van der Waals surface area contributed by atoms with E-state index in [9.17, 15) is 0 Å². The molecule has 0 spiro atoms. The largest absolute Gasteiger partial charge is 0.379 e. The second-order valence-electron chi connectivity index (χ2n) is 8.68. The van der Waals surface area contributed by atoms with Crippen LogP contribution in [0.25, 0.3) is 22.2 Å². The van der Waals surface area contributed by atoms with Crippen LogP contribution in [0.2, 0.25) is 0 Å². The van der Waals surface area contributed by atoms with Gasteiger partial charge in [-0.25, -0.2) is 15.0 Å². The number of hydrogen-bond donors (Lipinski definition) is 4. The molecule has 5 rings (SSSR count). The van der Waals surface area contributed by atoms with Gasteiger partial charge in [0.1, 0.15) is 17.3 Å². The van der Waals surface area contributed by atoms with Gasteiger partial charge in [-0.3, -0.25) is 0 Å². The smallest absolute Gasteiger partial charge is 0.139 e. The first-order valence-electron chi connectivity index (χ1n) is 11.4. The average molecular weight is 443 g/mol. The number of hydrogen-bond acceptors (Lipinski definition) is 7. The summed E-state index contributed by atoms with van der Waals surface area (Å²) < 4.78 is 0. The fourth-order valence-electron chi connectivity index (χ4n) is 4.61. The Morgan fingerprint density at radius 3 is 2.70 bits per heavy atom. The second kappa shape index (κ2) is 9.07. The van der Waals surface area contributed by atoms with Crippen LogP contribution in [0.5, 0.6) is 0 Å². The Morgan fingerprint density at radius 1 is 1.06 bits per heavy atom. The van der Waals surface area contributed by atoms with Crippen molar-refractivity contribution in [3.8, 4) is 11.1 Å². The summed E-state index contributed by atoms with van der Waals surface area (Å²) in [5.41, 5.74) is 5.05. The standard InChI is InChI=1S/C25H30N8/c1-16-14-33(15-17(2)31-16)23-6-4-5-19(32-23)12-29-21-8-10-28-25-24(21)20(13-30-25)18-7-9-27-22(11-18)26-3/h4-11,13,16-17,31H,12,14-15H2,1-3H3,(H,26,27)(H2,28,29,30)/t16-,17+. The highest BCUT2D eigenvalue weighted by Crippen LogP contribution is 2.33. The molecule has 1 aliphatic rings. The van der Waals surface area contributed by atoms with Gasteiger partial charge in [0.2, 0.25) is 0 Å². The lowest BCUT2D eigenvalue weighted by molar-refractivity contribution is 0.405. The van der Waals surface area contributed by atoms with Crippen LogP contribution in [-0.2, 0) is 6.54 Å². The minimum atomic E-state index is 0.450. The van der Waals surface area contributed by atoms with Gasteiger partial charge in [0.15, 0.2) is 0 Å². The summed E-state index contributed by atoms with van der Waals surface area (Å²) in [6.45, 7) is 7.00. The molecule has 4 N–H and O–H groups in total. The Labute approximate surface area is 193 Å². The van der Waals surface area contributed by atoms with Gasteiger partial charge in [-0.1, -0.05) is 6.07 Å². The van der Waals surface area contributed by atoms with E-state index in [0.29, 0.717) is 18.6 Å². The normalized spacial score (nSPS) is 18.5. The van der Waals surface area contributed by atoms with Crippen molar-refractivity contribution in [3.63, 3.8) is 0 Å². The van der Waals surface area contributed by atoms with Gasteiger partial charge in [0.05, 0.1) is 12.2 Å². The number of anilines is 3. The van der Waals surface area contributed by atoms with Crippen LogP contribution in [0, 0.1) is 0 Å². The van der Waals surface area contributed by atoms with E-state index in [-0.39, 0.29) is 0 Å². The number of aromatic amines is 1. The first-order chi connectivity index (χ1) is 16.1. The zero-order chi connectivity index (χ0) is 22.8. The molecule has 0 amide bonds. The SMILES string of the molecule is CNc1cc(-c2c[nH]c3nccc(NCc4cccc(N5C[C@@H](C)N[C@@H](C)C5)n4)c23)ccn1. The van der Waals surface area contributed by atoms with Crippen LogP contribution < -0.4 is 20.9 Å². The number of pyridine rings is 3. The highest BCUT2D eigenvalue weighted by atomic mass is 15.3. The van der Waals surface area contributed by atoms with Crippen molar-refractivity contribution in [1.82, 2.24) is 25.3 Å². The monoisotopic (exact) mass is 442 g/mol. The summed E-state index contributed by atoms with van der Waals surface area (Å²) in [7, 11) is 1.87. The van der Waals surface area contributed by atoms with Gasteiger partial charge in [-0.2, -0.15) is 0 Å². The lowest BCUT2D eigenvalue weighted by Crippen LogP contribution is -2.54. The van der Waals surface area contributed by atoms with Crippen LogP contribution in [0.4, 0.5) is 17.3 Å². The van der Waals surface area contributed by atoms with Gasteiger partial charge < -0.3 is 25.8 Å². The molecule has 4 aromatic heterocycles. The quantitative estimate of drug-likeness (QED) is 0.360. The van der Waals surface area contributed by atoms with Crippen molar-refractivity contribution in [2.45, 2.75) is 32.5 Å². The number of piperazine rings is 1. The molecule has 2 atom stereocenters. The van der Waals surface area contributed by atoms with E-state index in [2.05, 4.69) is 67.8 Å². The zero-order valence-electron chi connectivity index (χ0n) is 19.3. The molecule has 8 heteroatoms. The molecule has 8 nitrogen and oxygen atoms in total. The fourth-order valence-corrected chi connectivity index (χ4v) is 4.61. The third-order valence-electron chi connectivity index (χ3n) is 6.03. The van der Waals surface area contributed by atoms with Crippen molar-refractivity contribution < 1.29 is 0 Å². The van der Waals surface area contributed by atoms with E-state index in [1.54, 1.807) is 0 Å². The van der Waals surface area contributed by atoms with Crippen LogP contribution in [0.3, 0.4) is 0 Å². The predicted octanol–water partition coefficient (Wildman–Crippen LogP) is 3.86. The summed E-state index contributed by atoms with van der Waals surface area (Å²) in [5, 5.41) is 11.3. The highest BCUT2D eigenvalue weighted by Gasteiger charge is 2.22. The van der Waals surface area contributed by atoms with E-state index in [4.69, 9.17) is 4.98 Å². The minimum Gasteiger partial charge on any atom is -0.379 e. The molecule has 5 heterocycles. The summed E-state index contributed by atoms with van der Waals surface area (Å²) in [5.74, 6) is 1.87. The topological polar surface area (TPSA) is 93.8 Å². The summed E-state index contributed by atoms with van der Waals surface area (Å²) in [6.07, 6.45) is 5.64. The number of rotatable bonds is 6. The molecule has 0 aromatic carbocycles. The number of fused-ring (bicyclic) bond motifs is 1. The second-order valence-corrected chi connectivity index (χ2v) is 8.68. The van der Waals surface area contributed by atoms with Gasteiger partial charge in [0.25, 0.3) is 0 Å².